The second-order valence-corrected chi connectivity index (χ2v) is 5.24. The van der Waals surface area contributed by atoms with Gasteiger partial charge in [0.25, 0.3) is 0 Å². The van der Waals surface area contributed by atoms with E-state index in [4.69, 9.17) is 0 Å². The Morgan fingerprint density at radius 1 is 1.47 bits per heavy atom. The van der Waals surface area contributed by atoms with E-state index in [-0.39, 0.29) is 0 Å². The van der Waals surface area contributed by atoms with Crippen LogP contribution in [0.3, 0.4) is 0 Å². The van der Waals surface area contributed by atoms with Crippen molar-refractivity contribution in [1.29, 1.82) is 0 Å². The van der Waals surface area contributed by atoms with E-state index in [9.17, 15) is 0 Å². The predicted molar refractivity (Wildman–Crippen MR) is 72.0 cm³/mol. The van der Waals surface area contributed by atoms with Gasteiger partial charge < -0.3 is 5.32 Å². The van der Waals surface area contributed by atoms with Crippen LogP contribution in [0.5, 0.6) is 0 Å². The summed E-state index contributed by atoms with van der Waals surface area (Å²) in [6, 6.07) is 2.15. The summed E-state index contributed by atoms with van der Waals surface area (Å²) in [5.41, 5.74) is 2.36. The first kappa shape index (κ1) is 14.2. The molecule has 4 heteroatoms. The smallest absolute Gasteiger partial charge is 0.0597 e. The van der Waals surface area contributed by atoms with Crippen LogP contribution in [0.1, 0.15) is 25.2 Å². The van der Waals surface area contributed by atoms with E-state index in [2.05, 4.69) is 42.3 Å². The minimum absolute atomic E-state index is 0.722. The second kappa shape index (κ2) is 6.77. The lowest BCUT2D eigenvalue weighted by molar-refractivity contribution is 0.313. The van der Waals surface area contributed by atoms with Gasteiger partial charge in [-0.2, -0.15) is 5.10 Å². The van der Waals surface area contributed by atoms with Gasteiger partial charge in [-0.15, -0.1) is 0 Å². The molecule has 0 saturated carbocycles. The van der Waals surface area contributed by atoms with Crippen LogP contribution in [0.4, 0.5) is 0 Å². The number of hydrogen-bond donors (Lipinski definition) is 1. The van der Waals surface area contributed by atoms with Gasteiger partial charge in [0, 0.05) is 26.7 Å². The standard InChI is InChI=1S/C13H26N4/c1-11(2)9-14-6-7-16(4)10-13-8-12(3)15-17(13)5/h8,11,14H,6-7,9-10H2,1-5H3. The Morgan fingerprint density at radius 3 is 2.71 bits per heavy atom. The number of rotatable bonds is 7. The van der Waals surface area contributed by atoms with Crippen molar-refractivity contribution in [3.8, 4) is 0 Å². The second-order valence-electron chi connectivity index (χ2n) is 5.24. The molecule has 0 aliphatic heterocycles. The van der Waals surface area contributed by atoms with E-state index in [1.807, 2.05) is 18.7 Å². The maximum absolute atomic E-state index is 4.36. The van der Waals surface area contributed by atoms with E-state index in [0.717, 1.165) is 37.8 Å². The number of hydrogen-bond acceptors (Lipinski definition) is 3. The van der Waals surface area contributed by atoms with Crippen molar-refractivity contribution in [2.24, 2.45) is 13.0 Å². The van der Waals surface area contributed by atoms with Crippen molar-refractivity contribution in [2.45, 2.75) is 27.3 Å². The van der Waals surface area contributed by atoms with Gasteiger partial charge in [-0.25, -0.2) is 0 Å². The van der Waals surface area contributed by atoms with Crippen molar-refractivity contribution >= 4 is 0 Å². The third-order valence-electron chi connectivity index (χ3n) is 2.75. The Morgan fingerprint density at radius 2 is 2.18 bits per heavy atom. The van der Waals surface area contributed by atoms with Crippen LogP contribution in [-0.2, 0) is 13.6 Å². The minimum atomic E-state index is 0.722. The molecule has 1 heterocycles. The molecule has 0 aliphatic rings. The summed E-state index contributed by atoms with van der Waals surface area (Å²) in [6.45, 7) is 10.7. The van der Waals surface area contributed by atoms with Gasteiger partial charge >= 0.3 is 0 Å². The lowest BCUT2D eigenvalue weighted by Crippen LogP contribution is -2.31. The Labute approximate surface area is 105 Å². The maximum Gasteiger partial charge on any atom is 0.0597 e. The van der Waals surface area contributed by atoms with Crippen LogP contribution in [0.15, 0.2) is 6.07 Å². The SMILES string of the molecule is Cc1cc(CN(C)CCNCC(C)C)n(C)n1. The van der Waals surface area contributed by atoms with Crippen molar-refractivity contribution < 1.29 is 0 Å². The first-order valence-corrected chi connectivity index (χ1v) is 6.38. The number of aryl methyl sites for hydroxylation is 2. The predicted octanol–water partition coefficient (Wildman–Crippen LogP) is 1.41. The summed E-state index contributed by atoms with van der Waals surface area (Å²) >= 11 is 0. The van der Waals surface area contributed by atoms with E-state index < -0.39 is 0 Å². The fourth-order valence-electron chi connectivity index (χ4n) is 1.83. The first-order valence-electron chi connectivity index (χ1n) is 6.38. The molecule has 0 amide bonds. The molecule has 17 heavy (non-hydrogen) atoms. The van der Waals surface area contributed by atoms with Crippen LogP contribution in [0, 0.1) is 12.8 Å². The lowest BCUT2D eigenvalue weighted by Gasteiger charge is -2.17. The molecule has 1 N–H and O–H groups in total. The highest BCUT2D eigenvalue weighted by Crippen LogP contribution is 2.04. The topological polar surface area (TPSA) is 33.1 Å². The molecule has 0 saturated heterocycles. The van der Waals surface area contributed by atoms with Gasteiger partial charge in [0.15, 0.2) is 0 Å². The van der Waals surface area contributed by atoms with Crippen molar-refractivity contribution in [3.05, 3.63) is 17.5 Å². The molecule has 1 rings (SSSR count). The summed E-state index contributed by atoms with van der Waals surface area (Å²) in [7, 11) is 4.16. The summed E-state index contributed by atoms with van der Waals surface area (Å²) in [5, 5.41) is 7.82. The molecule has 0 aromatic carbocycles. The normalized spacial score (nSPS) is 11.7. The van der Waals surface area contributed by atoms with E-state index in [0.29, 0.717) is 0 Å². The molecule has 98 valence electrons. The minimum Gasteiger partial charge on any atom is -0.315 e. The van der Waals surface area contributed by atoms with E-state index in [1.54, 1.807) is 0 Å². The van der Waals surface area contributed by atoms with Crippen molar-refractivity contribution in [3.63, 3.8) is 0 Å². The highest BCUT2D eigenvalue weighted by molar-refractivity contribution is 5.08. The highest BCUT2D eigenvalue weighted by atomic mass is 15.3. The molecule has 0 aliphatic carbocycles. The fraction of sp³-hybridized carbons (Fsp3) is 0.769. The Kier molecular flexibility index (Phi) is 5.65. The summed E-state index contributed by atoms with van der Waals surface area (Å²) in [4.78, 5) is 2.32. The average molecular weight is 238 g/mol. The van der Waals surface area contributed by atoms with Crippen LogP contribution < -0.4 is 5.32 Å². The Balaban J connectivity index is 2.25. The number of nitrogens with zero attached hydrogens (tertiary/aromatic N) is 3. The zero-order valence-electron chi connectivity index (χ0n) is 11.8. The van der Waals surface area contributed by atoms with Gasteiger partial charge in [-0.3, -0.25) is 9.58 Å². The first-order chi connectivity index (χ1) is 7.99. The van der Waals surface area contributed by atoms with Crippen LogP contribution in [0.2, 0.25) is 0 Å². The monoisotopic (exact) mass is 238 g/mol. The van der Waals surface area contributed by atoms with E-state index in [1.165, 1.54) is 5.69 Å². The largest absolute Gasteiger partial charge is 0.315 e. The van der Waals surface area contributed by atoms with Gasteiger partial charge in [0.05, 0.1) is 11.4 Å². The van der Waals surface area contributed by atoms with E-state index >= 15 is 0 Å². The number of nitrogens with one attached hydrogen (secondary N) is 1. The molecule has 0 radical (unpaired) electrons. The summed E-state index contributed by atoms with van der Waals surface area (Å²) in [6.07, 6.45) is 0. The maximum atomic E-state index is 4.36. The van der Waals surface area contributed by atoms with Crippen LogP contribution >= 0.6 is 0 Å². The third-order valence-corrected chi connectivity index (χ3v) is 2.75. The van der Waals surface area contributed by atoms with Crippen molar-refractivity contribution in [1.82, 2.24) is 20.0 Å². The molecule has 1 aromatic heterocycles. The lowest BCUT2D eigenvalue weighted by atomic mass is 10.2. The highest BCUT2D eigenvalue weighted by Gasteiger charge is 2.05. The van der Waals surface area contributed by atoms with Gasteiger partial charge in [0.1, 0.15) is 0 Å². The summed E-state index contributed by atoms with van der Waals surface area (Å²) in [5.74, 6) is 0.722. The average Bonchev–Trinajstić information content (AvgIpc) is 2.52. The van der Waals surface area contributed by atoms with Crippen molar-refractivity contribution in [2.75, 3.05) is 26.7 Å². The van der Waals surface area contributed by atoms with Gasteiger partial charge in [-0.05, 0) is 32.5 Å². The molecule has 0 unspecified atom stereocenters. The molecule has 0 spiro atoms. The molecular formula is C13H26N4. The Hall–Kier alpha value is -0.870. The van der Waals surface area contributed by atoms with Crippen LogP contribution in [0.25, 0.3) is 0 Å². The zero-order chi connectivity index (χ0) is 12.8. The Bertz CT molecular complexity index is 330. The molecular weight excluding hydrogens is 212 g/mol. The molecule has 0 fully saturated rings. The zero-order valence-corrected chi connectivity index (χ0v) is 11.8. The van der Waals surface area contributed by atoms with Crippen LogP contribution in [-0.4, -0.2) is 41.4 Å². The molecule has 0 atom stereocenters. The third kappa shape index (κ3) is 5.33. The summed E-state index contributed by atoms with van der Waals surface area (Å²) < 4.78 is 1.97. The van der Waals surface area contributed by atoms with Gasteiger partial charge in [0.2, 0.25) is 0 Å². The fourth-order valence-corrected chi connectivity index (χ4v) is 1.83. The number of likely N-dealkylation sites (N-methyl/N-ethyl adjacent to an activating group) is 1. The number of aromatic nitrogens is 2. The quantitative estimate of drug-likeness (QED) is 0.729. The molecule has 1 aromatic rings. The molecule has 0 bridgehead atoms. The molecule has 4 nitrogen and oxygen atoms in total. The van der Waals surface area contributed by atoms with Gasteiger partial charge in [-0.1, -0.05) is 13.8 Å².